The molecule has 0 aromatic heterocycles. The predicted molar refractivity (Wildman–Crippen MR) is 279 cm³/mol. The lowest BCUT2D eigenvalue weighted by Crippen LogP contribution is -2.30. The molecule has 0 spiro atoms. The van der Waals surface area contributed by atoms with E-state index in [4.69, 9.17) is 14.2 Å². The Hall–Kier alpha value is -3.93. The minimum atomic E-state index is -0.887. The molecular weight excluding hydrogens is 805 g/mol. The van der Waals surface area contributed by atoms with E-state index in [-0.39, 0.29) is 25.2 Å². The standard InChI is InChI=1S/C59H96O6/c1-4-7-10-13-16-19-22-25-28-29-32-35-38-41-44-47-50-53-59(62)65-56(54-63-57(60)51-48-45-42-39-36-33-30-26-23-20-17-14-11-8-5-2)55-64-58(61)52-49-46-43-40-37-34-31-27-24-21-18-15-12-9-6-3/h17-18,20-21,26-32,35,38,41,44,47,50,53,56H,4-16,19,22-25,33-34,36-37,39-40,42-43,45-46,48-49,51-52,54-55H2,1-3H3/b20-17-,21-18-,29-28+,30-26-,31-27-,35-32+,41-38+,47-44+,53-50+. The second-order valence-electron chi connectivity index (χ2n) is 17.2. The highest BCUT2D eigenvalue weighted by atomic mass is 16.6. The maximum absolute atomic E-state index is 12.7. The van der Waals surface area contributed by atoms with Crippen LogP contribution in [0.4, 0.5) is 0 Å². The van der Waals surface area contributed by atoms with Gasteiger partial charge in [0.2, 0.25) is 0 Å². The smallest absolute Gasteiger partial charge is 0.331 e. The van der Waals surface area contributed by atoms with E-state index in [2.05, 4.69) is 81.5 Å². The number of unbranched alkanes of at least 4 members (excludes halogenated alkanes) is 23. The van der Waals surface area contributed by atoms with Crippen LogP contribution in [0.1, 0.15) is 226 Å². The molecule has 368 valence electrons. The Balaban J connectivity index is 4.65. The third-order valence-corrected chi connectivity index (χ3v) is 10.9. The predicted octanol–water partition coefficient (Wildman–Crippen LogP) is 17.5. The average molecular weight is 901 g/mol. The molecule has 0 saturated heterocycles. The van der Waals surface area contributed by atoms with Gasteiger partial charge >= 0.3 is 17.9 Å². The van der Waals surface area contributed by atoms with Gasteiger partial charge in [0.15, 0.2) is 6.10 Å². The molecule has 0 rings (SSSR count). The summed E-state index contributed by atoms with van der Waals surface area (Å²) in [5, 5.41) is 0. The number of rotatable bonds is 46. The number of allylic oxidation sites excluding steroid dienone is 17. The highest BCUT2D eigenvalue weighted by molar-refractivity contribution is 5.82. The second-order valence-corrected chi connectivity index (χ2v) is 17.2. The van der Waals surface area contributed by atoms with E-state index in [9.17, 15) is 14.4 Å². The molecule has 0 aliphatic carbocycles. The lowest BCUT2D eigenvalue weighted by Gasteiger charge is -2.17. The van der Waals surface area contributed by atoms with Crippen molar-refractivity contribution in [2.45, 2.75) is 232 Å². The van der Waals surface area contributed by atoms with E-state index in [1.54, 1.807) is 12.2 Å². The van der Waals surface area contributed by atoms with Crippen molar-refractivity contribution in [1.29, 1.82) is 0 Å². The van der Waals surface area contributed by atoms with Gasteiger partial charge in [0.1, 0.15) is 13.2 Å². The van der Waals surface area contributed by atoms with E-state index in [1.807, 2.05) is 30.4 Å². The van der Waals surface area contributed by atoms with Gasteiger partial charge in [0.25, 0.3) is 0 Å². The molecule has 0 bridgehead atoms. The summed E-state index contributed by atoms with van der Waals surface area (Å²) in [6.45, 7) is 6.40. The van der Waals surface area contributed by atoms with Gasteiger partial charge in [-0.05, 0) is 89.9 Å². The molecule has 0 radical (unpaired) electrons. The molecule has 0 heterocycles. The number of esters is 3. The minimum Gasteiger partial charge on any atom is -0.462 e. The zero-order chi connectivity index (χ0) is 47.2. The average Bonchev–Trinajstić information content (AvgIpc) is 3.30. The van der Waals surface area contributed by atoms with Crippen molar-refractivity contribution in [3.8, 4) is 0 Å². The molecule has 0 aliphatic heterocycles. The maximum atomic E-state index is 12.7. The topological polar surface area (TPSA) is 78.9 Å². The van der Waals surface area contributed by atoms with Gasteiger partial charge in [0.05, 0.1) is 0 Å². The van der Waals surface area contributed by atoms with E-state index in [1.165, 1.54) is 102 Å². The van der Waals surface area contributed by atoms with Crippen molar-refractivity contribution in [1.82, 2.24) is 0 Å². The van der Waals surface area contributed by atoms with Crippen molar-refractivity contribution >= 4 is 17.9 Å². The molecule has 0 atom stereocenters. The first-order chi connectivity index (χ1) is 32.0. The van der Waals surface area contributed by atoms with E-state index in [0.29, 0.717) is 12.8 Å². The Morgan fingerprint density at radius 2 is 0.677 bits per heavy atom. The van der Waals surface area contributed by atoms with E-state index < -0.39 is 12.1 Å². The van der Waals surface area contributed by atoms with Gasteiger partial charge in [-0.3, -0.25) is 9.59 Å². The normalized spacial score (nSPS) is 12.6. The van der Waals surface area contributed by atoms with Crippen LogP contribution < -0.4 is 0 Å². The van der Waals surface area contributed by atoms with Crippen molar-refractivity contribution < 1.29 is 28.6 Å². The molecule has 0 aromatic carbocycles. The van der Waals surface area contributed by atoms with Crippen molar-refractivity contribution in [2.24, 2.45) is 0 Å². The second kappa shape index (κ2) is 52.7. The molecule has 0 fully saturated rings. The van der Waals surface area contributed by atoms with Crippen LogP contribution in [0.5, 0.6) is 0 Å². The van der Waals surface area contributed by atoms with Crippen molar-refractivity contribution in [3.63, 3.8) is 0 Å². The van der Waals surface area contributed by atoms with E-state index in [0.717, 1.165) is 96.3 Å². The summed E-state index contributed by atoms with van der Waals surface area (Å²) in [6, 6.07) is 0. The largest absolute Gasteiger partial charge is 0.462 e. The number of carbonyl (C=O) groups is 3. The number of hydrogen-bond donors (Lipinski definition) is 0. The molecule has 0 aromatic rings. The molecule has 0 aliphatic rings. The summed E-state index contributed by atoms with van der Waals surface area (Å²) in [7, 11) is 0. The lowest BCUT2D eigenvalue weighted by molar-refractivity contribution is -0.163. The Kier molecular flexibility index (Phi) is 49.5. The zero-order valence-corrected chi connectivity index (χ0v) is 42.0. The molecule has 6 nitrogen and oxygen atoms in total. The molecule has 0 amide bonds. The Morgan fingerprint density at radius 1 is 0.354 bits per heavy atom. The van der Waals surface area contributed by atoms with Crippen LogP contribution in [0, 0.1) is 0 Å². The Morgan fingerprint density at radius 3 is 1.11 bits per heavy atom. The summed E-state index contributed by atoms with van der Waals surface area (Å²) in [4.78, 5) is 37.9. The van der Waals surface area contributed by atoms with Crippen molar-refractivity contribution in [2.75, 3.05) is 13.2 Å². The summed E-state index contributed by atoms with van der Waals surface area (Å²) in [5.41, 5.74) is 0. The molecule has 0 unspecified atom stereocenters. The fraction of sp³-hybridized carbons (Fsp3) is 0.644. The maximum Gasteiger partial charge on any atom is 0.331 e. The molecule has 0 saturated carbocycles. The van der Waals surface area contributed by atoms with Gasteiger partial charge in [-0.1, -0.05) is 227 Å². The highest BCUT2D eigenvalue weighted by Gasteiger charge is 2.18. The van der Waals surface area contributed by atoms with Gasteiger partial charge in [0, 0.05) is 18.9 Å². The van der Waals surface area contributed by atoms with Gasteiger partial charge in [-0.15, -0.1) is 0 Å². The fourth-order valence-electron chi connectivity index (χ4n) is 6.91. The van der Waals surface area contributed by atoms with Crippen LogP contribution in [0.15, 0.2) is 109 Å². The third-order valence-electron chi connectivity index (χ3n) is 10.9. The summed E-state index contributed by atoms with van der Waals surface area (Å²) >= 11 is 0. The third kappa shape index (κ3) is 50.9. The number of carbonyl (C=O) groups excluding carboxylic acids is 3. The zero-order valence-electron chi connectivity index (χ0n) is 42.0. The van der Waals surface area contributed by atoms with Crippen LogP contribution in [0.25, 0.3) is 0 Å². The first-order valence-electron chi connectivity index (χ1n) is 26.5. The summed E-state index contributed by atoms with van der Waals surface area (Å²) in [6.07, 6.45) is 71.3. The molecule has 0 N–H and O–H groups in total. The summed E-state index contributed by atoms with van der Waals surface area (Å²) in [5.74, 6) is -1.27. The minimum absolute atomic E-state index is 0.159. The first kappa shape index (κ1) is 61.1. The van der Waals surface area contributed by atoms with Crippen LogP contribution >= 0.6 is 0 Å². The van der Waals surface area contributed by atoms with Crippen molar-refractivity contribution in [3.05, 3.63) is 109 Å². The van der Waals surface area contributed by atoms with Gasteiger partial charge < -0.3 is 14.2 Å². The van der Waals surface area contributed by atoms with Gasteiger partial charge in [-0.2, -0.15) is 0 Å². The fourth-order valence-corrected chi connectivity index (χ4v) is 6.91. The van der Waals surface area contributed by atoms with Crippen LogP contribution in [-0.4, -0.2) is 37.2 Å². The van der Waals surface area contributed by atoms with Crippen LogP contribution in [0.2, 0.25) is 0 Å². The Bertz CT molecular complexity index is 1300. The lowest BCUT2D eigenvalue weighted by atomic mass is 10.1. The molecule has 6 heteroatoms. The van der Waals surface area contributed by atoms with Crippen LogP contribution in [0.3, 0.4) is 0 Å². The molecule has 65 heavy (non-hydrogen) atoms. The monoisotopic (exact) mass is 901 g/mol. The highest BCUT2D eigenvalue weighted by Crippen LogP contribution is 2.12. The number of hydrogen-bond acceptors (Lipinski definition) is 6. The summed E-state index contributed by atoms with van der Waals surface area (Å²) < 4.78 is 16.6. The Labute approximate surface area is 400 Å². The quantitative estimate of drug-likeness (QED) is 0.0151. The van der Waals surface area contributed by atoms with Gasteiger partial charge in [-0.25, -0.2) is 4.79 Å². The first-order valence-corrected chi connectivity index (χ1v) is 26.5. The SMILES string of the molecule is CCCCC/C=C\C/C=C\CCCCCCCC(=O)OCC(COC(=O)CCCCCCC/C=C\C/C=C\CCCCC)OC(=O)/C=C/C=C/C=C/C=C/C=C/CCCCCCCCC. The van der Waals surface area contributed by atoms with Crippen LogP contribution in [-0.2, 0) is 28.6 Å². The van der Waals surface area contributed by atoms with E-state index >= 15 is 0 Å². The molecular formula is C59H96O6. The number of ether oxygens (including phenoxy) is 3.